The molecule has 1 atom stereocenters. The monoisotopic (exact) mass is 252 g/mol. The van der Waals surface area contributed by atoms with Crippen LogP contribution in [0.2, 0.25) is 0 Å². The Morgan fingerprint density at radius 3 is 2.47 bits per heavy atom. The minimum Gasteiger partial charge on any atom is -0.327 e. The standard InChI is InChI=1S/C17H20N2/c18-16(12-14-6-4-11-19-13-14)17(9-5-10-17)15-7-2-1-3-8-15/h1-4,6-8,11,13,16H,5,9-10,12,18H2. The van der Waals surface area contributed by atoms with Crippen molar-refractivity contribution in [3.63, 3.8) is 0 Å². The molecule has 3 rings (SSSR count). The van der Waals surface area contributed by atoms with Crippen LogP contribution in [0.25, 0.3) is 0 Å². The minimum atomic E-state index is 0.174. The van der Waals surface area contributed by atoms with Crippen molar-refractivity contribution in [3.8, 4) is 0 Å². The maximum absolute atomic E-state index is 6.55. The van der Waals surface area contributed by atoms with Gasteiger partial charge < -0.3 is 5.73 Å². The highest BCUT2D eigenvalue weighted by molar-refractivity contribution is 5.31. The summed E-state index contributed by atoms with van der Waals surface area (Å²) in [6.45, 7) is 0. The molecule has 2 aromatic rings. The summed E-state index contributed by atoms with van der Waals surface area (Å²) in [4.78, 5) is 4.18. The topological polar surface area (TPSA) is 38.9 Å². The average Bonchev–Trinajstić information content (AvgIpc) is 2.40. The summed E-state index contributed by atoms with van der Waals surface area (Å²) in [6.07, 6.45) is 8.35. The van der Waals surface area contributed by atoms with Crippen LogP contribution in [0.5, 0.6) is 0 Å². The first-order valence-electron chi connectivity index (χ1n) is 7.01. The number of pyridine rings is 1. The molecule has 0 spiro atoms. The van der Waals surface area contributed by atoms with Crippen LogP contribution in [0.15, 0.2) is 54.9 Å². The Morgan fingerprint density at radius 1 is 1.11 bits per heavy atom. The van der Waals surface area contributed by atoms with Crippen LogP contribution in [0, 0.1) is 0 Å². The van der Waals surface area contributed by atoms with Crippen LogP contribution < -0.4 is 5.73 Å². The van der Waals surface area contributed by atoms with Gasteiger partial charge in [-0.2, -0.15) is 0 Å². The van der Waals surface area contributed by atoms with Crippen molar-refractivity contribution in [3.05, 3.63) is 66.0 Å². The van der Waals surface area contributed by atoms with Crippen molar-refractivity contribution in [2.75, 3.05) is 0 Å². The second kappa shape index (κ2) is 5.14. The molecule has 1 unspecified atom stereocenters. The molecular formula is C17H20N2. The van der Waals surface area contributed by atoms with Gasteiger partial charge in [-0.15, -0.1) is 0 Å². The summed E-state index contributed by atoms with van der Waals surface area (Å²) in [5.41, 5.74) is 9.36. The Bertz CT molecular complexity index is 517. The van der Waals surface area contributed by atoms with E-state index in [4.69, 9.17) is 5.73 Å². The highest BCUT2D eigenvalue weighted by Crippen LogP contribution is 2.46. The molecular weight excluding hydrogens is 232 g/mol. The van der Waals surface area contributed by atoms with Gasteiger partial charge in [-0.25, -0.2) is 0 Å². The largest absolute Gasteiger partial charge is 0.327 e. The summed E-state index contributed by atoms with van der Waals surface area (Å²) in [5.74, 6) is 0. The number of hydrogen-bond acceptors (Lipinski definition) is 2. The van der Waals surface area contributed by atoms with E-state index in [-0.39, 0.29) is 11.5 Å². The molecule has 0 amide bonds. The molecule has 1 aromatic heterocycles. The van der Waals surface area contributed by atoms with Crippen molar-refractivity contribution >= 4 is 0 Å². The second-order valence-corrected chi connectivity index (χ2v) is 5.55. The lowest BCUT2D eigenvalue weighted by Gasteiger charge is -2.47. The zero-order chi connectivity index (χ0) is 13.1. The van der Waals surface area contributed by atoms with Crippen molar-refractivity contribution in [1.82, 2.24) is 4.98 Å². The lowest BCUT2D eigenvalue weighted by Crippen LogP contribution is -2.51. The van der Waals surface area contributed by atoms with E-state index in [0.29, 0.717) is 0 Å². The van der Waals surface area contributed by atoms with Gasteiger partial charge >= 0.3 is 0 Å². The van der Waals surface area contributed by atoms with E-state index in [1.165, 1.54) is 30.4 Å². The van der Waals surface area contributed by atoms with E-state index in [1.807, 2.05) is 18.5 Å². The molecule has 1 aliphatic rings. The number of aromatic nitrogens is 1. The van der Waals surface area contributed by atoms with Gasteiger partial charge in [0.05, 0.1) is 0 Å². The summed E-state index contributed by atoms with van der Waals surface area (Å²) < 4.78 is 0. The molecule has 2 nitrogen and oxygen atoms in total. The molecule has 0 saturated heterocycles. The summed E-state index contributed by atoms with van der Waals surface area (Å²) in [7, 11) is 0. The fourth-order valence-electron chi connectivity index (χ4n) is 3.17. The Kier molecular flexibility index (Phi) is 3.34. The normalized spacial score (nSPS) is 18.6. The maximum Gasteiger partial charge on any atom is 0.0300 e. The third-order valence-corrected chi connectivity index (χ3v) is 4.48. The predicted octanol–water partition coefficient (Wildman–Crippen LogP) is 3.07. The molecule has 2 heteroatoms. The number of nitrogens with two attached hydrogens (primary N) is 1. The Labute approximate surface area is 114 Å². The number of hydrogen-bond donors (Lipinski definition) is 1. The van der Waals surface area contributed by atoms with Gasteiger partial charge in [0.15, 0.2) is 0 Å². The van der Waals surface area contributed by atoms with Crippen LogP contribution in [0.3, 0.4) is 0 Å². The van der Waals surface area contributed by atoms with Gasteiger partial charge in [0.1, 0.15) is 0 Å². The zero-order valence-corrected chi connectivity index (χ0v) is 11.1. The van der Waals surface area contributed by atoms with Crippen LogP contribution >= 0.6 is 0 Å². The molecule has 1 saturated carbocycles. The van der Waals surface area contributed by atoms with Gasteiger partial charge in [-0.1, -0.05) is 42.8 Å². The number of benzene rings is 1. The van der Waals surface area contributed by atoms with Crippen LogP contribution in [0.4, 0.5) is 0 Å². The van der Waals surface area contributed by atoms with Crippen molar-refractivity contribution in [2.45, 2.75) is 37.1 Å². The van der Waals surface area contributed by atoms with Crippen LogP contribution in [0.1, 0.15) is 30.4 Å². The van der Waals surface area contributed by atoms with E-state index < -0.39 is 0 Å². The highest BCUT2D eigenvalue weighted by Gasteiger charge is 2.43. The Morgan fingerprint density at radius 2 is 1.89 bits per heavy atom. The smallest absolute Gasteiger partial charge is 0.0300 e. The summed E-state index contributed by atoms with van der Waals surface area (Å²) in [6, 6.07) is 15.0. The first-order valence-corrected chi connectivity index (χ1v) is 7.01. The first-order chi connectivity index (χ1) is 9.31. The molecule has 0 bridgehead atoms. The van der Waals surface area contributed by atoms with Crippen molar-refractivity contribution in [1.29, 1.82) is 0 Å². The third-order valence-electron chi connectivity index (χ3n) is 4.48. The van der Waals surface area contributed by atoms with Gasteiger partial charge in [0.2, 0.25) is 0 Å². The first kappa shape index (κ1) is 12.4. The number of nitrogens with zero attached hydrogens (tertiary/aromatic N) is 1. The zero-order valence-electron chi connectivity index (χ0n) is 11.1. The fourth-order valence-corrected chi connectivity index (χ4v) is 3.17. The van der Waals surface area contributed by atoms with Crippen LogP contribution in [-0.2, 0) is 11.8 Å². The predicted molar refractivity (Wildman–Crippen MR) is 77.9 cm³/mol. The quantitative estimate of drug-likeness (QED) is 0.908. The third kappa shape index (κ3) is 2.28. The molecule has 19 heavy (non-hydrogen) atoms. The molecule has 98 valence electrons. The summed E-state index contributed by atoms with van der Waals surface area (Å²) >= 11 is 0. The van der Waals surface area contributed by atoms with Crippen LogP contribution in [-0.4, -0.2) is 11.0 Å². The fraction of sp³-hybridized carbons (Fsp3) is 0.353. The average molecular weight is 252 g/mol. The highest BCUT2D eigenvalue weighted by atomic mass is 14.7. The van der Waals surface area contributed by atoms with Gasteiger partial charge in [0.25, 0.3) is 0 Å². The van der Waals surface area contributed by atoms with E-state index >= 15 is 0 Å². The Balaban J connectivity index is 1.83. The SMILES string of the molecule is NC(Cc1cccnc1)C1(c2ccccc2)CCC1. The van der Waals surface area contributed by atoms with Gasteiger partial charge in [-0.3, -0.25) is 4.98 Å². The lowest BCUT2D eigenvalue weighted by molar-refractivity contribution is 0.194. The second-order valence-electron chi connectivity index (χ2n) is 5.55. The van der Waals surface area contributed by atoms with E-state index in [9.17, 15) is 0 Å². The molecule has 1 fully saturated rings. The van der Waals surface area contributed by atoms with Crippen molar-refractivity contribution < 1.29 is 0 Å². The Hall–Kier alpha value is -1.67. The number of rotatable bonds is 4. The van der Waals surface area contributed by atoms with E-state index in [2.05, 4.69) is 41.4 Å². The van der Waals surface area contributed by atoms with E-state index in [0.717, 1.165) is 6.42 Å². The molecule has 2 N–H and O–H groups in total. The van der Waals surface area contributed by atoms with E-state index in [1.54, 1.807) is 0 Å². The molecule has 1 aromatic carbocycles. The molecule has 1 aliphatic carbocycles. The van der Waals surface area contributed by atoms with Crippen molar-refractivity contribution in [2.24, 2.45) is 5.73 Å². The molecule has 0 aliphatic heterocycles. The summed E-state index contributed by atoms with van der Waals surface area (Å²) in [5, 5.41) is 0. The molecule has 1 heterocycles. The molecule has 0 radical (unpaired) electrons. The maximum atomic E-state index is 6.55. The van der Waals surface area contributed by atoms with Gasteiger partial charge in [-0.05, 0) is 36.5 Å². The lowest BCUT2D eigenvalue weighted by atomic mass is 9.59. The van der Waals surface area contributed by atoms with Gasteiger partial charge in [0, 0.05) is 23.9 Å². The minimum absolute atomic E-state index is 0.174.